The summed E-state index contributed by atoms with van der Waals surface area (Å²) in [5.41, 5.74) is -1.44. The average Bonchev–Trinajstić information content (AvgIpc) is 2.14. The van der Waals surface area contributed by atoms with Crippen LogP contribution in [0.5, 0.6) is 5.75 Å². The summed E-state index contributed by atoms with van der Waals surface area (Å²) < 4.78 is 66.8. The van der Waals surface area contributed by atoms with Gasteiger partial charge >= 0.3 is 6.18 Å². The van der Waals surface area contributed by atoms with Crippen molar-refractivity contribution in [2.45, 2.75) is 12.3 Å². The maximum atomic E-state index is 13.1. The van der Waals surface area contributed by atoms with E-state index < -0.39 is 29.5 Å². The van der Waals surface area contributed by atoms with Crippen LogP contribution in [0.4, 0.5) is 22.0 Å². The van der Waals surface area contributed by atoms with Gasteiger partial charge in [0.2, 0.25) is 0 Å². The maximum Gasteiger partial charge on any atom is 0.418 e. The summed E-state index contributed by atoms with van der Waals surface area (Å²) in [4.78, 5) is 0. The zero-order valence-corrected chi connectivity index (χ0v) is 7.98. The van der Waals surface area contributed by atoms with Crippen molar-refractivity contribution < 1.29 is 31.8 Å². The van der Waals surface area contributed by atoms with E-state index in [4.69, 9.17) is 5.11 Å². The van der Waals surface area contributed by atoms with E-state index in [1.165, 1.54) is 0 Å². The minimum Gasteiger partial charge on any atom is -0.497 e. The molecule has 1 aromatic carbocycles. The zero-order chi connectivity index (χ0) is 12.5. The first kappa shape index (κ1) is 12.7. The van der Waals surface area contributed by atoms with Crippen molar-refractivity contribution in [2.24, 2.45) is 0 Å². The van der Waals surface area contributed by atoms with Crippen LogP contribution in [0.1, 0.15) is 11.7 Å². The molecule has 0 bridgehead atoms. The second-order valence-electron chi connectivity index (χ2n) is 2.95. The van der Waals surface area contributed by atoms with Crippen molar-refractivity contribution in [2.75, 3.05) is 7.11 Å². The molecule has 16 heavy (non-hydrogen) atoms. The number of methoxy groups -OCH3 is 1. The lowest BCUT2D eigenvalue weighted by Gasteiger charge is -2.16. The highest BCUT2D eigenvalue weighted by Gasteiger charge is 2.42. The minimum absolute atomic E-state index is 0.270. The van der Waals surface area contributed by atoms with Gasteiger partial charge in [-0.1, -0.05) is 0 Å². The van der Waals surface area contributed by atoms with Gasteiger partial charge in [0.05, 0.1) is 12.7 Å². The Morgan fingerprint density at radius 1 is 1.19 bits per heavy atom. The third kappa shape index (κ3) is 2.41. The average molecular weight is 242 g/mol. The molecule has 1 atom stereocenters. The number of aliphatic hydroxyl groups excluding tert-OH is 1. The van der Waals surface area contributed by atoms with Crippen LogP contribution in [0.3, 0.4) is 0 Å². The molecule has 0 aromatic heterocycles. The Morgan fingerprint density at radius 2 is 1.62 bits per heavy atom. The van der Waals surface area contributed by atoms with Crippen molar-refractivity contribution in [3.05, 3.63) is 29.3 Å². The molecule has 2 nitrogen and oxygen atoms in total. The molecule has 0 unspecified atom stereocenters. The van der Waals surface area contributed by atoms with Crippen molar-refractivity contribution in [1.29, 1.82) is 0 Å². The number of hydrogen-bond donors (Lipinski definition) is 1. The topological polar surface area (TPSA) is 29.5 Å². The molecule has 0 fully saturated rings. The molecule has 0 spiro atoms. The number of halogens is 5. The molecule has 0 radical (unpaired) electrons. The van der Waals surface area contributed by atoms with Crippen LogP contribution in [-0.2, 0) is 0 Å². The fourth-order valence-electron chi connectivity index (χ4n) is 1.10. The number of alkyl halides is 3. The molecule has 0 aliphatic rings. The first-order chi connectivity index (χ1) is 7.27. The molecule has 90 valence electrons. The fourth-order valence-corrected chi connectivity index (χ4v) is 1.10. The fraction of sp³-hybridized carbons (Fsp3) is 0.333. The van der Waals surface area contributed by atoms with Gasteiger partial charge in [0.1, 0.15) is 17.4 Å². The summed E-state index contributed by atoms with van der Waals surface area (Å²) in [6, 6.07) is 1.13. The lowest BCUT2D eigenvalue weighted by molar-refractivity contribution is -0.208. The number of rotatable bonds is 2. The van der Waals surface area contributed by atoms with Crippen LogP contribution in [0, 0.1) is 11.6 Å². The SMILES string of the molecule is COc1cc(F)c([C@H](O)C(F)(F)F)c(F)c1. The predicted octanol–water partition coefficient (Wildman–Crippen LogP) is 2.57. The molecular weight excluding hydrogens is 235 g/mol. The molecule has 1 N–H and O–H groups in total. The quantitative estimate of drug-likeness (QED) is 0.807. The molecule has 7 heteroatoms. The summed E-state index contributed by atoms with van der Waals surface area (Å²) in [5.74, 6) is -3.29. The number of ether oxygens (including phenoxy) is 1. The van der Waals surface area contributed by atoms with Gasteiger partial charge in [0.15, 0.2) is 6.10 Å². The molecular formula is C9H7F5O2. The molecule has 1 rings (SSSR count). The third-order valence-electron chi connectivity index (χ3n) is 1.87. The van der Waals surface area contributed by atoms with E-state index in [0.717, 1.165) is 7.11 Å². The molecule has 1 aromatic rings. The van der Waals surface area contributed by atoms with Gasteiger partial charge in [0, 0.05) is 12.1 Å². The summed E-state index contributed by atoms with van der Waals surface area (Å²) in [5, 5.41) is 8.74. The highest BCUT2D eigenvalue weighted by molar-refractivity contribution is 5.32. The number of aliphatic hydroxyl groups is 1. The first-order valence-electron chi connectivity index (χ1n) is 4.05. The Hall–Kier alpha value is -1.37. The zero-order valence-electron chi connectivity index (χ0n) is 7.98. The lowest BCUT2D eigenvalue weighted by Crippen LogP contribution is -2.22. The Balaban J connectivity index is 3.25. The van der Waals surface area contributed by atoms with E-state index in [1.807, 2.05) is 0 Å². The normalized spacial score (nSPS) is 13.7. The predicted molar refractivity (Wildman–Crippen MR) is 43.9 cm³/mol. The van der Waals surface area contributed by atoms with Crippen molar-refractivity contribution >= 4 is 0 Å². The van der Waals surface area contributed by atoms with E-state index in [-0.39, 0.29) is 5.75 Å². The van der Waals surface area contributed by atoms with Crippen molar-refractivity contribution in [3.63, 3.8) is 0 Å². The van der Waals surface area contributed by atoms with Gasteiger partial charge in [-0.2, -0.15) is 13.2 Å². The molecule has 0 aliphatic carbocycles. The molecule has 0 heterocycles. The van der Waals surface area contributed by atoms with Crippen LogP contribution < -0.4 is 4.74 Å². The maximum absolute atomic E-state index is 13.1. The molecule has 0 amide bonds. The smallest absolute Gasteiger partial charge is 0.418 e. The third-order valence-corrected chi connectivity index (χ3v) is 1.87. The van der Waals surface area contributed by atoms with E-state index >= 15 is 0 Å². The lowest BCUT2D eigenvalue weighted by atomic mass is 10.1. The van der Waals surface area contributed by atoms with Crippen LogP contribution >= 0.6 is 0 Å². The van der Waals surface area contributed by atoms with Gasteiger partial charge in [0.25, 0.3) is 0 Å². The summed E-state index contributed by atoms with van der Waals surface area (Å²) in [6.45, 7) is 0. The van der Waals surface area contributed by atoms with Gasteiger partial charge in [-0.25, -0.2) is 8.78 Å². The first-order valence-corrected chi connectivity index (χ1v) is 4.05. The highest BCUT2D eigenvalue weighted by atomic mass is 19.4. The van der Waals surface area contributed by atoms with Crippen LogP contribution in [0.25, 0.3) is 0 Å². The van der Waals surface area contributed by atoms with E-state index in [2.05, 4.69) is 4.74 Å². The van der Waals surface area contributed by atoms with Crippen molar-refractivity contribution in [3.8, 4) is 5.75 Å². The molecule has 0 aliphatic heterocycles. The van der Waals surface area contributed by atoms with Gasteiger partial charge in [-0.3, -0.25) is 0 Å². The summed E-state index contributed by atoms with van der Waals surface area (Å²) in [7, 11) is 1.11. The van der Waals surface area contributed by atoms with E-state index in [0.29, 0.717) is 12.1 Å². The monoisotopic (exact) mass is 242 g/mol. The highest BCUT2D eigenvalue weighted by Crippen LogP contribution is 2.36. The van der Waals surface area contributed by atoms with Gasteiger partial charge in [-0.05, 0) is 0 Å². The second-order valence-corrected chi connectivity index (χ2v) is 2.95. The van der Waals surface area contributed by atoms with E-state index in [1.54, 1.807) is 0 Å². The van der Waals surface area contributed by atoms with Gasteiger partial charge in [-0.15, -0.1) is 0 Å². The number of benzene rings is 1. The van der Waals surface area contributed by atoms with Gasteiger partial charge < -0.3 is 9.84 Å². The Morgan fingerprint density at radius 3 is 1.94 bits per heavy atom. The van der Waals surface area contributed by atoms with Crippen LogP contribution in [-0.4, -0.2) is 18.4 Å². The molecule has 0 saturated carbocycles. The Labute approximate surface area is 87.3 Å². The second kappa shape index (κ2) is 4.25. The molecule has 0 saturated heterocycles. The largest absolute Gasteiger partial charge is 0.497 e. The standard InChI is InChI=1S/C9H7F5O2/c1-16-4-2-5(10)7(6(11)3-4)8(15)9(12,13)14/h2-3,8,15H,1H3/t8-/m0/s1. The van der Waals surface area contributed by atoms with Crippen LogP contribution in [0.15, 0.2) is 12.1 Å². The Kier molecular flexibility index (Phi) is 3.37. The minimum atomic E-state index is -5.13. The van der Waals surface area contributed by atoms with E-state index in [9.17, 15) is 22.0 Å². The number of hydrogen-bond acceptors (Lipinski definition) is 2. The summed E-state index contributed by atoms with van der Waals surface area (Å²) >= 11 is 0. The Bertz CT molecular complexity index is 365. The summed E-state index contributed by atoms with van der Waals surface area (Å²) in [6.07, 6.45) is -8.32. The van der Waals surface area contributed by atoms with Crippen molar-refractivity contribution in [1.82, 2.24) is 0 Å². The van der Waals surface area contributed by atoms with Crippen LogP contribution in [0.2, 0.25) is 0 Å².